The molecule has 3 heterocycles. The first kappa shape index (κ1) is 12.7. The third kappa shape index (κ3) is 1.99. The molecule has 7 heteroatoms. The summed E-state index contributed by atoms with van der Waals surface area (Å²) >= 11 is 0. The summed E-state index contributed by atoms with van der Waals surface area (Å²) in [6.45, 7) is 3.61. The maximum atomic E-state index is 13.4. The van der Waals surface area contributed by atoms with Crippen LogP contribution in [0.25, 0.3) is 28.5 Å². The molecular formula is C14H9FN6. The largest absolute Gasteiger partial charge is 0.383 e. The van der Waals surface area contributed by atoms with Crippen molar-refractivity contribution in [1.29, 1.82) is 5.26 Å². The first-order valence-corrected chi connectivity index (χ1v) is 5.97. The Hall–Kier alpha value is -3.27. The fourth-order valence-corrected chi connectivity index (χ4v) is 2.04. The smallest absolute Gasteiger partial charge is 0.181 e. The van der Waals surface area contributed by atoms with Gasteiger partial charge in [0, 0.05) is 5.56 Å². The molecule has 3 N–H and O–H groups in total. The van der Waals surface area contributed by atoms with E-state index in [2.05, 4.69) is 26.7 Å². The van der Waals surface area contributed by atoms with Crippen LogP contribution in [0.1, 0.15) is 11.1 Å². The van der Waals surface area contributed by atoms with E-state index < -0.39 is 5.82 Å². The summed E-state index contributed by atoms with van der Waals surface area (Å²) in [7, 11) is 0. The summed E-state index contributed by atoms with van der Waals surface area (Å²) in [4.78, 5) is 8.06. The van der Waals surface area contributed by atoms with Crippen molar-refractivity contribution in [2.24, 2.45) is 0 Å². The van der Waals surface area contributed by atoms with Crippen LogP contribution in [0, 0.1) is 17.1 Å². The van der Waals surface area contributed by atoms with Crippen LogP contribution in [0.4, 0.5) is 10.2 Å². The van der Waals surface area contributed by atoms with Gasteiger partial charge in [0.25, 0.3) is 0 Å². The number of hydrogen-bond acceptors (Lipinski definition) is 5. The Morgan fingerprint density at radius 3 is 2.95 bits per heavy atom. The number of hydrogen-bond donors (Lipinski definition) is 2. The summed E-state index contributed by atoms with van der Waals surface area (Å²) in [5.41, 5.74) is 7.70. The second kappa shape index (κ2) is 4.68. The van der Waals surface area contributed by atoms with Crippen molar-refractivity contribution >= 4 is 22.9 Å². The van der Waals surface area contributed by atoms with Gasteiger partial charge in [0.05, 0.1) is 22.8 Å². The molecule has 3 rings (SSSR count). The van der Waals surface area contributed by atoms with E-state index in [4.69, 9.17) is 5.73 Å². The highest BCUT2D eigenvalue weighted by atomic mass is 19.1. The Morgan fingerprint density at radius 2 is 2.24 bits per heavy atom. The minimum absolute atomic E-state index is 0.228. The Kier molecular flexibility index (Phi) is 2.84. The number of H-pyrrole nitrogens is 1. The zero-order valence-corrected chi connectivity index (χ0v) is 10.8. The third-order valence-electron chi connectivity index (χ3n) is 3.04. The first-order valence-electron chi connectivity index (χ1n) is 5.97. The van der Waals surface area contributed by atoms with Crippen LogP contribution < -0.4 is 5.73 Å². The summed E-state index contributed by atoms with van der Waals surface area (Å²) in [5.74, 6) is -0.273. The van der Waals surface area contributed by atoms with Crippen LogP contribution in [-0.2, 0) is 0 Å². The molecule has 0 saturated carbocycles. The van der Waals surface area contributed by atoms with E-state index in [-0.39, 0.29) is 11.4 Å². The molecular weight excluding hydrogens is 271 g/mol. The van der Waals surface area contributed by atoms with E-state index in [1.54, 1.807) is 6.07 Å². The second-order valence-corrected chi connectivity index (χ2v) is 4.30. The molecule has 6 nitrogen and oxygen atoms in total. The highest BCUT2D eigenvalue weighted by molar-refractivity contribution is 5.91. The van der Waals surface area contributed by atoms with Gasteiger partial charge in [0.1, 0.15) is 23.4 Å². The molecule has 0 saturated heterocycles. The molecule has 21 heavy (non-hydrogen) atoms. The van der Waals surface area contributed by atoms with Crippen LogP contribution in [0.15, 0.2) is 24.9 Å². The number of halogens is 1. The fraction of sp³-hybridized carbons (Fsp3) is 0. The standard InChI is InChI=1S/C14H9FN6/c1-2-7-3-8(5-16)11(19-13(7)17)12-10-4-9(15)6-18-14(10)21-20-12/h2-4,6H,1H2,(H2,17,19)(H,18,20,21). The van der Waals surface area contributed by atoms with Crippen molar-refractivity contribution in [2.75, 3.05) is 5.73 Å². The van der Waals surface area contributed by atoms with Crippen LogP contribution in [-0.4, -0.2) is 20.2 Å². The van der Waals surface area contributed by atoms with E-state index in [1.165, 1.54) is 12.1 Å². The van der Waals surface area contributed by atoms with Gasteiger partial charge in [-0.3, -0.25) is 5.10 Å². The van der Waals surface area contributed by atoms with Crippen molar-refractivity contribution in [3.8, 4) is 17.5 Å². The normalized spacial score (nSPS) is 10.5. The zero-order valence-electron chi connectivity index (χ0n) is 10.8. The molecule has 0 radical (unpaired) electrons. The van der Waals surface area contributed by atoms with Crippen LogP contribution in [0.3, 0.4) is 0 Å². The molecule has 102 valence electrons. The number of nitrogens with one attached hydrogen (secondary N) is 1. The lowest BCUT2D eigenvalue weighted by atomic mass is 10.1. The van der Waals surface area contributed by atoms with Gasteiger partial charge < -0.3 is 5.73 Å². The Balaban J connectivity index is 2.33. The Labute approximate surface area is 118 Å². The predicted molar refractivity (Wildman–Crippen MR) is 76.3 cm³/mol. The monoisotopic (exact) mass is 280 g/mol. The molecule has 0 aliphatic heterocycles. The van der Waals surface area contributed by atoms with Crippen LogP contribution in [0.2, 0.25) is 0 Å². The van der Waals surface area contributed by atoms with Gasteiger partial charge >= 0.3 is 0 Å². The number of anilines is 1. The fourth-order valence-electron chi connectivity index (χ4n) is 2.04. The maximum Gasteiger partial charge on any atom is 0.181 e. The number of nitriles is 1. The summed E-state index contributed by atoms with van der Waals surface area (Å²) in [6, 6.07) is 4.89. The second-order valence-electron chi connectivity index (χ2n) is 4.30. The molecule has 0 spiro atoms. The molecule has 0 aromatic carbocycles. The number of pyridine rings is 2. The summed E-state index contributed by atoms with van der Waals surface area (Å²) in [5, 5.41) is 16.4. The average Bonchev–Trinajstić information content (AvgIpc) is 2.89. The van der Waals surface area contributed by atoms with Crippen molar-refractivity contribution in [3.63, 3.8) is 0 Å². The van der Waals surface area contributed by atoms with Crippen LogP contribution in [0.5, 0.6) is 0 Å². The number of fused-ring (bicyclic) bond motifs is 1. The van der Waals surface area contributed by atoms with Gasteiger partial charge in [0.15, 0.2) is 5.65 Å². The van der Waals surface area contributed by atoms with E-state index in [0.717, 1.165) is 6.20 Å². The lowest BCUT2D eigenvalue weighted by molar-refractivity contribution is 0.624. The Morgan fingerprint density at radius 1 is 1.43 bits per heavy atom. The van der Waals surface area contributed by atoms with E-state index in [9.17, 15) is 9.65 Å². The first-order chi connectivity index (χ1) is 10.1. The molecule has 0 aliphatic rings. The average molecular weight is 280 g/mol. The van der Waals surface area contributed by atoms with Gasteiger partial charge in [-0.25, -0.2) is 14.4 Å². The van der Waals surface area contributed by atoms with Crippen molar-refractivity contribution in [1.82, 2.24) is 20.2 Å². The SMILES string of the molecule is C=Cc1cc(C#N)c(-c2[nH]nc3ncc(F)cc23)nc1N. The Bertz CT molecular complexity index is 906. The lowest BCUT2D eigenvalue weighted by Gasteiger charge is -2.06. The quantitative estimate of drug-likeness (QED) is 0.749. The van der Waals surface area contributed by atoms with E-state index >= 15 is 0 Å². The maximum absolute atomic E-state index is 13.4. The van der Waals surface area contributed by atoms with Crippen molar-refractivity contribution in [3.05, 3.63) is 41.9 Å². The van der Waals surface area contributed by atoms with Gasteiger partial charge in [0.2, 0.25) is 0 Å². The van der Waals surface area contributed by atoms with Gasteiger partial charge in [-0.15, -0.1) is 0 Å². The molecule has 0 amide bonds. The van der Waals surface area contributed by atoms with Gasteiger partial charge in [-0.05, 0) is 12.1 Å². The highest BCUT2D eigenvalue weighted by Gasteiger charge is 2.16. The number of nitrogens with two attached hydrogens (primary N) is 1. The number of aromatic amines is 1. The molecule has 0 fully saturated rings. The molecule has 0 unspecified atom stereocenters. The summed E-state index contributed by atoms with van der Waals surface area (Å²) in [6.07, 6.45) is 2.58. The van der Waals surface area contributed by atoms with Crippen molar-refractivity contribution in [2.45, 2.75) is 0 Å². The third-order valence-corrected chi connectivity index (χ3v) is 3.04. The minimum Gasteiger partial charge on any atom is -0.383 e. The number of rotatable bonds is 2. The molecule has 0 bridgehead atoms. The van der Waals surface area contributed by atoms with Gasteiger partial charge in [-0.1, -0.05) is 12.7 Å². The highest BCUT2D eigenvalue weighted by Crippen LogP contribution is 2.29. The molecule has 3 aromatic rings. The molecule has 0 aliphatic carbocycles. The number of aromatic nitrogens is 4. The molecule has 0 atom stereocenters. The minimum atomic E-state index is -0.501. The number of nitrogen functional groups attached to an aromatic ring is 1. The van der Waals surface area contributed by atoms with Crippen molar-refractivity contribution < 1.29 is 4.39 Å². The zero-order chi connectivity index (χ0) is 15.0. The van der Waals surface area contributed by atoms with Gasteiger partial charge in [-0.2, -0.15) is 10.4 Å². The predicted octanol–water partition coefficient (Wildman–Crippen LogP) is 2.26. The lowest BCUT2D eigenvalue weighted by Crippen LogP contribution is -1.99. The van der Waals surface area contributed by atoms with E-state index in [1.807, 2.05) is 6.07 Å². The topological polar surface area (TPSA) is 104 Å². The van der Waals surface area contributed by atoms with Crippen LogP contribution >= 0.6 is 0 Å². The summed E-state index contributed by atoms with van der Waals surface area (Å²) < 4.78 is 13.4. The number of nitrogens with zero attached hydrogens (tertiary/aromatic N) is 4. The van der Waals surface area contributed by atoms with E-state index in [0.29, 0.717) is 28.0 Å². The molecule has 3 aromatic heterocycles.